The SMILES string of the molecule is Cc1ccc(Sc2ccc(NC(=O)Cn3cnc4c(c(Br)nn4C)c3=O)cc2)cc1C. The summed E-state index contributed by atoms with van der Waals surface area (Å²) < 4.78 is 3.20. The molecular formula is C22H20BrN5O2S. The number of hydrogen-bond donors (Lipinski definition) is 1. The largest absolute Gasteiger partial charge is 0.325 e. The van der Waals surface area contributed by atoms with Crippen molar-refractivity contribution in [2.45, 2.75) is 30.2 Å². The Morgan fingerprint density at radius 2 is 1.81 bits per heavy atom. The van der Waals surface area contributed by atoms with Crippen LogP contribution in [0.5, 0.6) is 0 Å². The molecule has 0 spiro atoms. The number of anilines is 1. The highest BCUT2D eigenvalue weighted by molar-refractivity contribution is 9.10. The van der Waals surface area contributed by atoms with E-state index in [1.165, 1.54) is 31.6 Å². The summed E-state index contributed by atoms with van der Waals surface area (Å²) >= 11 is 4.94. The van der Waals surface area contributed by atoms with E-state index in [2.05, 4.69) is 63.4 Å². The molecule has 0 atom stereocenters. The molecule has 0 saturated carbocycles. The van der Waals surface area contributed by atoms with Gasteiger partial charge in [0, 0.05) is 22.5 Å². The van der Waals surface area contributed by atoms with Crippen LogP contribution in [0.1, 0.15) is 11.1 Å². The summed E-state index contributed by atoms with van der Waals surface area (Å²) in [4.78, 5) is 31.6. The van der Waals surface area contributed by atoms with Crippen LogP contribution < -0.4 is 10.9 Å². The second-order valence-electron chi connectivity index (χ2n) is 7.21. The van der Waals surface area contributed by atoms with Crippen molar-refractivity contribution in [3.8, 4) is 0 Å². The van der Waals surface area contributed by atoms with Crippen LogP contribution in [-0.2, 0) is 18.4 Å². The summed E-state index contributed by atoms with van der Waals surface area (Å²) in [7, 11) is 1.71. The predicted octanol–water partition coefficient (Wildman–Crippen LogP) is 4.30. The first-order valence-electron chi connectivity index (χ1n) is 9.54. The Kier molecular flexibility index (Phi) is 5.97. The maximum Gasteiger partial charge on any atom is 0.266 e. The molecule has 1 N–H and O–H groups in total. The van der Waals surface area contributed by atoms with Gasteiger partial charge in [0.2, 0.25) is 5.91 Å². The van der Waals surface area contributed by atoms with E-state index < -0.39 is 0 Å². The van der Waals surface area contributed by atoms with E-state index in [9.17, 15) is 9.59 Å². The van der Waals surface area contributed by atoms with Crippen LogP contribution in [0.4, 0.5) is 5.69 Å². The first-order valence-corrected chi connectivity index (χ1v) is 11.2. The number of nitrogens with one attached hydrogen (secondary N) is 1. The van der Waals surface area contributed by atoms with Gasteiger partial charge in [0.15, 0.2) is 5.65 Å². The summed E-state index contributed by atoms with van der Waals surface area (Å²) in [5.74, 6) is -0.308. The standard InChI is InChI=1S/C22H20BrN5O2S/c1-13-4-7-17(10-14(13)2)31-16-8-5-15(6-9-16)25-18(29)11-28-12-24-21-19(22(28)30)20(23)26-27(21)3/h4-10,12H,11H2,1-3H3,(H,25,29). The molecular weight excluding hydrogens is 478 g/mol. The average molecular weight is 498 g/mol. The van der Waals surface area contributed by atoms with Crippen molar-refractivity contribution in [3.63, 3.8) is 0 Å². The maximum absolute atomic E-state index is 12.7. The second kappa shape index (κ2) is 8.68. The molecule has 0 aliphatic carbocycles. The van der Waals surface area contributed by atoms with Gasteiger partial charge >= 0.3 is 0 Å². The first-order chi connectivity index (χ1) is 14.8. The van der Waals surface area contributed by atoms with Gasteiger partial charge in [-0.1, -0.05) is 17.8 Å². The van der Waals surface area contributed by atoms with Gasteiger partial charge in [0.25, 0.3) is 5.56 Å². The van der Waals surface area contributed by atoms with Crippen LogP contribution in [0.25, 0.3) is 11.0 Å². The number of hydrogen-bond acceptors (Lipinski definition) is 5. The lowest BCUT2D eigenvalue weighted by atomic mass is 10.1. The summed E-state index contributed by atoms with van der Waals surface area (Å²) in [6, 6.07) is 14.0. The van der Waals surface area contributed by atoms with Gasteiger partial charge in [-0.05, 0) is 77.3 Å². The molecule has 2 aromatic heterocycles. The number of carbonyl (C=O) groups excluding carboxylic acids is 1. The van der Waals surface area contributed by atoms with Crippen molar-refractivity contribution in [1.82, 2.24) is 19.3 Å². The minimum atomic E-state index is -0.319. The number of carbonyl (C=O) groups is 1. The number of amides is 1. The molecule has 31 heavy (non-hydrogen) atoms. The van der Waals surface area contributed by atoms with Crippen molar-refractivity contribution >= 4 is 50.3 Å². The molecule has 4 aromatic rings. The molecule has 1 amide bonds. The summed E-state index contributed by atoms with van der Waals surface area (Å²) in [5.41, 5.74) is 3.34. The molecule has 0 unspecified atom stereocenters. The Morgan fingerprint density at radius 1 is 1.10 bits per heavy atom. The fourth-order valence-corrected chi connectivity index (χ4v) is 4.62. The van der Waals surface area contributed by atoms with Crippen molar-refractivity contribution in [2.24, 2.45) is 7.05 Å². The number of nitrogens with zero attached hydrogens (tertiary/aromatic N) is 4. The third-order valence-electron chi connectivity index (χ3n) is 4.93. The van der Waals surface area contributed by atoms with Gasteiger partial charge in [0.05, 0.1) is 0 Å². The number of aromatic nitrogens is 4. The normalized spacial score (nSPS) is 11.1. The highest BCUT2D eigenvalue weighted by Gasteiger charge is 2.15. The van der Waals surface area contributed by atoms with E-state index in [-0.39, 0.29) is 18.0 Å². The highest BCUT2D eigenvalue weighted by Crippen LogP contribution is 2.29. The molecule has 9 heteroatoms. The highest BCUT2D eigenvalue weighted by atomic mass is 79.9. The molecule has 0 radical (unpaired) electrons. The van der Waals surface area contributed by atoms with E-state index >= 15 is 0 Å². The molecule has 0 saturated heterocycles. The van der Waals surface area contributed by atoms with Crippen LogP contribution in [-0.4, -0.2) is 25.2 Å². The summed E-state index contributed by atoms with van der Waals surface area (Å²) in [6.07, 6.45) is 1.36. The molecule has 2 heterocycles. The quantitative estimate of drug-likeness (QED) is 0.444. The van der Waals surface area contributed by atoms with Crippen LogP contribution in [0.3, 0.4) is 0 Å². The average Bonchev–Trinajstić information content (AvgIpc) is 3.02. The van der Waals surface area contributed by atoms with Crippen LogP contribution in [0.15, 0.2) is 68.0 Å². The van der Waals surface area contributed by atoms with Crippen LogP contribution in [0, 0.1) is 13.8 Å². The summed E-state index contributed by atoms with van der Waals surface area (Å²) in [6.45, 7) is 4.06. The van der Waals surface area contributed by atoms with Gasteiger partial charge in [-0.15, -0.1) is 0 Å². The van der Waals surface area contributed by atoms with E-state index in [0.717, 1.165) is 4.90 Å². The van der Waals surface area contributed by atoms with Crippen LogP contribution in [0.2, 0.25) is 0 Å². The van der Waals surface area contributed by atoms with Crippen molar-refractivity contribution < 1.29 is 4.79 Å². The summed E-state index contributed by atoms with van der Waals surface area (Å²) in [5, 5.41) is 7.32. The zero-order valence-electron chi connectivity index (χ0n) is 17.2. The maximum atomic E-state index is 12.7. The number of fused-ring (bicyclic) bond motifs is 1. The molecule has 0 fully saturated rings. The Morgan fingerprint density at radius 3 is 2.52 bits per heavy atom. The Bertz CT molecular complexity index is 1340. The van der Waals surface area contributed by atoms with Crippen LogP contribution >= 0.6 is 27.7 Å². The van der Waals surface area contributed by atoms with Crippen molar-refractivity contribution in [2.75, 3.05) is 5.32 Å². The number of rotatable bonds is 5. The smallest absolute Gasteiger partial charge is 0.266 e. The zero-order chi connectivity index (χ0) is 22.1. The lowest BCUT2D eigenvalue weighted by Crippen LogP contribution is -2.28. The fourth-order valence-electron chi connectivity index (χ4n) is 3.12. The molecule has 0 aliphatic heterocycles. The van der Waals surface area contributed by atoms with Crippen molar-refractivity contribution in [1.29, 1.82) is 0 Å². The minimum Gasteiger partial charge on any atom is -0.325 e. The predicted molar refractivity (Wildman–Crippen MR) is 126 cm³/mol. The third kappa shape index (κ3) is 4.57. The van der Waals surface area contributed by atoms with E-state index in [1.807, 2.05) is 24.3 Å². The Labute approximate surface area is 191 Å². The van der Waals surface area contributed by atoms with Gasteiger partial charge < -0.3 is 5.32 Å². The number of aryl methyl sites for hydroxylation is 3. The first kappa shape index (κ1) is 21.3. The van der Waals surface area contributed by atoms with Gasteiger partial charge in [0.1, 0.15) is 22.9 Å². The molecule has 0 bridgehead atoms. The third-order valence-corrected chi connectivity index (χ3v) is 6.49. The molecule has 4 rings (SSSR count). The van der Waals surface area contributed by atoms with E-state index in [1.54, 1.807) is 18.8 Å². The molecule has 158 valence electrons. The number of benzene rings is 2. The second-order valence-corrected chi connectivity index (χ2v) is 9.11. The fraction of sp³-hybridized carbons (Fsp3) is 0.182. The topological polar surface area (TPSA) is 81.8 Å². The van der Waals surface area contributed by atoms with E-state index in [0.29, 0.717) is 21.3 Å². The van der Waals surface area contributed by atoms with Gasteiger partial charge in [-0.25, -0.2) is 9.67 Å². The minimum absolute atomic E-state index is 0.137. The Balaban J connectivity index is 1.44. The van der Waals surface area contributed by atoms with Crippen molar-refractivity contribution in [3.05, 3.63) is 74.9 Å². The number of halogens is 1. The lowest BCUT2D eigenvalue weighted by molar-refractivity contribution is -0.116. The Hall–Kier alpha value is -2.91. The molecule has 2 aromatic carbocycles. The zero-order valence-corrected chi connectivity index (χ0v) is 19.6. The van der Waals surface area contributed by atoms with Gasteiger partial charge in [-0.2, -0.15) is 5.10 Å². The molecule has 7 nitrogen and oxygen atoms in total. The lowest BCUT2D eigenvalue weighted by Gasteiger charge is -2.09. The molecule has 0 aliphatic rings. The monoisotopic (exact) mass is 497 g/mol. The van der Waals surface area contributed by atoms with Gasteiger partial charge in [-0.3, -0.25) is 14.2 Å². The van der Waals surface area contributed by atoms with E-state index in [4.69, 9.17) is 0 Å².